The fourth-order valence-electron chi connectivity index (χ4n) is 2.63. The second kappa shape index (κ2) is 11.3. The quantitative estimate of drug-likeness (QED) is 0.398. The standard InChI is InChI=1S/C21H27ClN2O6S/c1-5-6-11-30-18-10-7-15(12-19(18)28-3)14-23-21(25)16-8-9-17(22)20(13-16)31(26,27)24(2)29-4/h7-10,12-13H,5-6,11,14H2,1-4H3,(H,23,25). The second-order valence-electron chi connectivity index (χ2n) is 6.61. The normalized spacial score (nSPS) is 11.4. The van der Waals surface area contributed by atoms with Gasteiger partial charge in [0.1, 0.15) is 4.90 Å². The van der Waals surface area contributed by atoms with E-state index in [4.69, 9.17) is 25.9 Å². The summed E-state index contributed by atoms with van der Waals surface area (Å²) in [5.74, 6) is 0.765. The lowest BCUT2D eigenvalue weighted by molar-refractivity contribution is -0.0258. The highest BCUT2D eigenvalue weighted by Crippen LogP contribution is 2.29. The number of carbonyl (C=O) groups excluding carboxylic acids is 1. The van der Waals surface area contributed by atoms with Gasteiger partial charge in [0.25, 0.3) is 15.9 Å². The number of nitrogens with zero attached hydrogens (tertiary/aromatic N) is 1. The Morgan fingerprint density at radius 3 is 2.52 bits per heavy atom. The number of carbonyl (C=O) groups is 1. The summed E-state index contributed by atoms with van der Waals surface area (Å²) in [6.07, 6.45) is 1.97. The Balaban J connectivity index is 2.13. The number of sulfonamides is 1. The van der Waals surface area contributed by atoms with E-state index in [1.54, 1.807) is 19.2 Å². The van der Waals surface area contributed by atoms with Crippen molar-refractivity contribution in [1.82, 2.24) is 9.79 Å². The maximum absolute atomic E-state index is 12.6. The maximum atomic E-state index is 12.6. The van der Waals surface area contributed by atoms with Gasteiger partial charge in [-0.1, -0.05) is 35.5 Å². The highest BCUT2D eigenvalue weighted by atomic mass is 35.5. The molecule has 0 aliphatic heterocycles. The van der Waals surface area contributed by atoms with Crippen LogP contribution in [-0.4, -0.2) is 46.7 Å². The van der Waals surface area contributed by atoms with Gasteiger partial charge in [-0.25, -0.2) is 8.42 Å². The van der Waals surface area contributed by atoms with Crippen LogP contribution in [0, 0.1) is 0 Å². The number of rotatable bonds is 11. The van der Waals surface area contributed by atoms with Crippen LogP contribution in [0.25, 0.3) is 0 Å². The molecule has 0 saturated carbocycles. The Bertz CT molecular complexity index is 1010. The topological polar surface area (TPSA) is 94.2 Å². The molecule has 31 heavy (non-hydrogen) atoms. The van der Waals surface area contributed by atoms with Crippen molar-refractivity contribution < 1.29 is 27.5 Å². The van der Waals surface area contributed by atoms with E-state index in [9.17, 15) is 13.2 Å². The summed E-state index contributed by atoms with van der Waals surface area (Å²) < 4.78 is 36.7. The molecular weight excluding hydrogens is 444 g/mol. The second-order valence-corrected chi connectivity index (χ2v) is 8.92. The van der Waals surface area contributed by atoms with Gasteiger partial charge in [0.2, 0.25) is 0 Å². The van der Waals surface area contributed by atoms with Gasteiger partial charge < -0.3 is 14.8 Å². The van der Waals surface area contributed by atoms with E-state index < -0.39 is 15.9 Å². The molecule has 0 aliphatic carbocycles. The highest BCUT2D eigenvalue weighted by Gasteiger charge is 2.25. The Labute approximate surface area is 188 Å². The molecule has 0 heterocycles. The maximum Gasteiger partial charge on any atom is 0.266 e. The van der Waals surface area contributed by atoms with Crippen molar-refractivity contribution >= 4 is 27.5 Å². The van der Waals surface area contributed by atoms with Gasteiger partial charge in [0.05, 0.1) is 25.8 Å². The van der Waals surface area contributed by atoms with Crippen LogP contribution in [0.1, 0.15) is 35.7 Å². The molecule has 0 fully saturated rings. The average Bonchev–Trinajstić information content (AvgIpc) is 2.77. The van der Waals surface area contributed by atoms with Gasteiger partial charge in [-0.15, -0.1) is 0 Å². The monoisotopic (exact) mass is 470 g/mol. The molecule has 0 bridgehead atoms. The van der Waals surface area contributed by atoms with E-state index >= 15 is 0 Å². The predicted octanol–water partition coefficient (Wildman–Crippen LogP) is 3.64. The minimum atomic E-state index is -4.00. The molecule has 0 radical (unpaired) electrons. The molecular formula is C21H27ClN2O6S. The number of ether oxygens (including phenoxy) is 2. The number of nitrogens with one attached hydrogen (secondary N) is 1. The molecule has 8 nitrogen and oxygen atoms in total. The third-order valence-electron chi connectivity index (χ3n) is 4.50. The Morgan fingerprint density at radius 1 is 1.13 bits per heavy atom. The molecule has 1 N–H and O–H groups in total. The molecule has 2 aromatic rings. The first-order valence-corrected chi connectivity index (χ1v) is 11.5. The van der Waals surface area contributed by atoms with Crippen molar-refractivity contribution in [2.45, 2.75) is 31.2 Å². The molecule has 0 aromatic heterocycles. The van der Waals surface area contributed by atoms with Gasteiger partial charge >= 0.3 is 0 Å². The number of halogens is 1. The highest BCUT2D eigenvalue weighted by molar-refractivity contribution is 7.89. The van der Waals surface area contributed by atoms with Gasteiger partial charge in [-0.05, 0) is 42.3 Å². The minimum Gasteiger partial charge on any atom is -0.493 e. The zero-order valence-corrected chi connectivity index (χ0v) is 19.5. The molecule has 2 aromatic carbocycles. The molecule has 1 amide bonds. The van der Waals surface area contributed by atoms with Crippen LogP contribution in [0.4, 0.5) is 0 Å². The molecule has 10 heteroatoms. The SMILES string of the molecule is CCCCOc1ccc(CNC(=O)c2ccc(Cl)c(S(=O)(=O)N(C)OC)c2)cc1OC. The number of hydrogen-bond acceptors (Lipinski definition) is 6. The summed E-state index contributed by atoms with van der Waals surface area (Å²) >= 11 is 6.03. The molecule has 2 rings (SSSR count). The Hall–Kier alpha value is -2.33. The first-order chi connectivity index (χ1) is 14.7. The summed E-state index contributed by atoms with van der Waals surface area (Å²) in [5, 5.41) is 2.75. The van der Waals surface area contributed by atoms with E-state index in [2.05, 4.69) is 12.2 Å². The summed E-state index contributed by atoms with van der Waals surface area (Å²) in [7, 11) is 0.0112. The van der Waals surface area contributed by atoms with Crippen molar-refractivity contribution in [2.75, 3.05) is 27.9 Å². The Morgan fingerprint density at radius 2 is 1.87 bits per heavy atom. The van der Waals surface area contributed by atoms with Gasteiger partial charge in [0.15, 0.2) is 11.5 Å². The van der Waals surface area contributed by atoms with Gasteiger partial charge in [-0.2, -0.15) is 0 Å². The van der Waals surface area contributed by atoms with E-state index in [1.165, 1.54) is 32.4 Å². The number of unbranched alkanes of at least 4 members (excludes halogenated alkanes) is 1. The predicted molar refractivity (Wildman–Crippen MR) is 118 cm³/mol. The summed E-state index contributed by atoms with van der Waals surface area (Å²) in [5.41, 5.74) is 0.952. The molecule has 0 spiro atoms. The van der Waals surface area contributed by atoms with Crippen LogP contribution in [0.2, 0.25) is 5.02 Å². The smallest absolute Gasteiger partial charge is 0.266 e. The molecule has 170 valence electrons. The van der Waals surface area contributed by atoms with Crippen LogP contribution in [-0.2, 0) is 21.4 Å². The van der Waals surface area contributed by atoms with Crippen LogP contribution in [0.15, 0.2) is 41.3 Å². The molecule has 0 aliphatic rings. The fraction of sp³-hybridized carbons (Fsp3) is 0.381. The van der Waals surface area contributed by atoms with E-state index in [-0.39, 0.29) is 22.0 Å². The first-order valence-electron chi connectivity index (χ1n) is 9.65. The zero-order chi connectivity index (χ0) is 23.0. The van der Waals surface area contributed by atoms with Crippen LogP contribution < -0.4 is 14.8 Å². The number of hydroxylamine groups is 1. The number of benzene rings is 2. The summed E-state index contributed by atoms with van der Waals surface area (Å²) in [6.45, 7) is 2.90. The third-order valence-corrected chi connectivity index (χ3v) is 6.66. The number of amides is 1. The van der Waals surface area contributed by atoms with E-state index in [0.29, 0.717) is 22.6 Å². The third kappa shape index (κ3) is 6.33. The van der Waals surface area contributed by atoms with E-state index in [1.807, 2.05) is 6.07 Å². The molecule has 0 unspecified atom stereocenters. The zero-order valence-electron chi connectivity index (χ0n) is 18.0. The molecule has 0 saturated heterocycles. The van der Waals surface area contributed by atoms with Crippen molar-refractivity contribution in [3.63, 3.8) is 0 Å². The minimum absolute atomic E-state index is 0.0103. The first kappa shape index (κ1) is 24.9. The lowest BCUT2D eigenvalue weighted by atomic mass is 10.1. The Kier molecular flexibility index (Phi) is 9.12. The fourth-order valence-corrected chi connectivity index (χ4v) is 4.10. The van der Waals surface area contributed by atoms with Crippen molar-refractivity contribution in [3.8, 4) is 11.5 Å². The lowest BCUT2D eigenvalue weighted by Gasteiger charge is -2.16. The number of hydrogen-bond donors (Lipinski definition) is 1. The summed E-state index contributed by atoms with van der Waals surface area (Å²) in [6, 6.07) is 9.44. The van der Waals surface area contributed by atoms with Crippen molar-refractivity contribution in [2.24, 2.45) is 0 Å². The van der Waals surface area contributed by atoms with E-state index in [0.717, 1.165) is 18.4 Å². The van der Waals surface area contributed by atoms with Crippen molar-refractivity contribution in [3.05, 3.63) is 52.5 Å². The van der Waals surface area contributed by atoms with Crippen LogP contribution >= 0.6 is 11.6 Å². The average molecular weight is 471 g/mol. The largest absolute Gasteiger partial charge is 0.493 e. The molecule has 0 atom stereocenters. The van der Waals surface area contributed by atoms with Gasteiger partial charge in [0, 0.05) is 19.2 Å². The van der Waals surface area contributed by atoms with Gasteiger partial charge in [-0.3, -0.25) is 9.63 Å². The lowest BCUT2D eigenvalue weighted by Crippen LogP contribution is -2.27. The van der Waals surface area contributed by atoms with Crippen LogP contribution in [0.3, 0.4) is 0 Å². The van der Waals surface area contributed by atoms with Crippen molar-refractivity contribution in [1.29, 1.82) is 0 Å². The van der Waals surface area contributed by atoms with Crippen LogP contribution in [0.5, 0.6) is 11.5 Å². The summed E-state index contributed by atoms with van der Waals surface area (Å²) in [4.78, 5) is 17.1. The number of methoxy groups -OCH3 is 1.